The monoisotopic (exact) mass is 243 g/mol. The van der Waals surface area contributed by atoms with Gasteiger partial charge in [0.05, 0.1) is 30.3 Å². The van der Waals surface area contributed by atoms with Crippen LogP contribution in [-0.4, -0.2) is 27.2 Å². The molecule has 0 amide bonds. The third-order valence-corrected chi connectivity index (χ3v) is 3.48. The van der Waals surface area contributed by atoms with Crippen LogP contribution in [0.1, 0.15) is 44.2 Å². The second kappa shape index (κ2) is 5.15. The Morgan fingerprint density at radius 2 is 2.44 bits per heavy atom. The second-order valence-corrected chi connectivity index (χ2v) is 4.91. The van der Waals surface area contributed by atoms with Gasteiger partial charge in [-0.15, -0.1) is 16.7 Å². The van der Waals surface area contributed by atoms with Gasteiger partial charge >= 0.3 is 0 Å². The van der Waals surface area contributed by atoms with Crippen molar-refractivity contribution in [2.24, 2.45) is 0 Å². The standard InChI is InChI=1S/C11H18ClN3O/c1-3-10(12)11-7-15(14-13-11)6-9-5-4-8(2)16-9/h7-10H,3-6H2,1-2H3. The van der Waals surface area contributed by atoms with Gasteiger partial charge in [0.2, 0.25) is 0 Å². The summed E-state index contributed by atoms with van der Waals surface area (Å²) >= 11 is 6.10. The van der Waals surface area contributed by atoms with E-state index in [0.717, 1.165) is 31.5 Å². The highest BCUT2D eigenvalue weighted by molar-refractivity contribution is 6.20. The van der Waals surface area contributed by atoms with Crippen molar-refractivity contribution in [1.29, 1.82) is 0 Å². The van der Waals surface area contributed by atoms with Gasteiger partial charge < -0.3 is 4.74 Å². The molecule has 1 saturated heterocycles. The van der Waals surface area contributed by atoms with E-state index in [1.54, 1.807) is 0 Å². The van der Waals surface area contributed by atoms with Crippen LogP contribution < -0.4 is 0 Å². The van der Waals surface area contributed by atoms with Crippen LogP contribution >= 0.6 is 11.6 Å². The zero-order valence-electron chi connectivity index (χ0n) is 9.77. The maximum atomic E-state index is 6.10. The topological polar surface area (TPSA) is 39.9 Å². The lowest BCUT2D eigenvalue weighted by molar-refractivity contribution is 0.0434. The molecule has 2 heterocycles. The molecule has 90 valence electrons. The first-order valence-electron chi connectivity index (χ1n) is 5.88. The van der Waals surface area contributed by atoms with Gasteiger partial charge in [0, 0.05) is 0 Å². The molecule has 1 aliphatic rings. The van der Waals surface area contributed by atoms with E-state index in [-0.39, 0.29) is 11.5 Å². The van der Waals surface area contributed by atoms with Crippen molar-refractivity contribution in [1.82, 2.24) is 15.0 Å². The minimum absolute atomic E-state index is 0.0304. The first-order chi connectivity index (χ1) is 7.69. The van der Waals surface area contributed by atoms with Gasteiger partial charge in [-0.2, -0.15) is 0 Å². The number of aromatic nitrogens is 3. The molecule has 16 heavy (non-hydrogen) atoms. The molecule has 0 bridgehead atoms. The lowest BCUT2D eigenvalue weighted by atomic mass is 10.2. The summed E-state index contributed by atoms with van der Waals surface area (Å²) in [5.74, 6) is 0. The Hall–Kier alpha value is -0.610. The highest BCUT2D eigenvalue weighted by Crippen LogP contribution is 2.23. The SMILES string of the molecule is CCC(Cl)c1cn(CC2CCC(C)O2)nn1. The maximum Gasteiger partial charge on any atom is 0.100 e. The Labute approximate surface area is 101 Å². The Bertz CT molecular complexity index is 342. The Balaban J connectivity index is 1.92. The summed E-state index contributed by atoms with van der Waals surface area (Å²) < 4.78 is 7.58. The van der Waals surface area contributed by atoms with Crippen LogP contribution in [0.4, 0.5) is 0 Å². The molecule has 1 aromatic heterocycles. The fourth-order valence-electron chi connectivity index (χ4n) is 1.98. The van der Waals surface area contributed by atoms with E-state index in [2.05, 4.69) is 17.2 Å². The molecule has 0 aromatic carbocycles. The first-order valence-corrected chi connectivity index (χ1v) is 6.32. The van der Waals surface area contributed by atoms with Crippen LogP contribution in [0.15, 0.2) is 6.20 Å². The average Bonchev–Trinajstić information content (AvgIpc) is 2.87. The van der Waals surface area contributed by atoms with Crippen LogP contribution in [0.3, 0.4) is 0 Å². The second-order valence-electron chi connectivity index (χ2n) is 4.39. The summed E-state index contributed by atoms with van der Waals surface area (Å²) in [4.78, 5) is 0. The largest absolute Gasteiger partial charge is 0.373 e. The molecule has 1 aromatic rings. The quantitative estimate of drug-likeness (QED) is 0.763. The number of ether oxygens (including phenoxy) is 1. The molecule has 0 radical (unpaired) electrons. The number of rotatable bonds is 4. The summed E-state index contributed by atoms with van der Waals surface area (Å²) in [6.07, 6.45) is 5.70. The molecule has 0 spiro atoms. The molecule has 5 heteroatoms. The molecular weight excluding hydrogens is 226 g/mol. The third kappa shape index (κ3) is 2.74. The molecule has 4 nitrogen and oxygen atoms in total. The van der Waals surface area contributed by atoms with Gasteiger partial charge in [0.1, 0.15) is 5.69 Å². The van der Waals surface area contributed by atoms with E-state index in [9.17, 15) is 0 Å². The highest BCUT2D eigenvalue weighted by Gasteiger charge is 2.22. The Morgan fingerprint density at radius 1 is 1.62 bits per heavy atom. The van der Waals surface area contributed by atoms with Crippen molar-refractivity contribution in [2.75, 3.05) is 0 Å². The van der Waals surface area contributed by atoms with Gasteiger partial charge in [-0.1, -0.05) is 12.1 Å². The zero-order valence-corrected chi connectivity index (χ0v) is 10.5. The summed E-state index contributed by atoms with van der Waals surface area (Å²) in [6.45, 7) is 4.93. The van der Waals surface area contributed by atoms with Crippen LogP contribution in [-0.2, 0) is 11.3 Å². The van der Waals surface area contributed by atoms with E-state index >= 15 is 0 Å². The van der Waals surface area contributed by atoms with E-state index < -0.39 is 0 Å². The Morgan fingerprint density at radius 3 is 3.06 bits per heavy atom. The first kappa shape index (κ1) is 11.9. The van der Waals surface area contributed by atoms with E-state index in [1.165, 1.54) is 0 Å². The van der Waals surface area contributed by atoms with Crippen molar-refractivity contribution < 1.29 is 4.74 Å². The number of hydrogen-bond acceptors (Lipinski definition) is 3. The maximum absolute atomic E-state index is 6.10. The number of hydrogen-bond donors (Lipinski definition) is 0. The van der Waals surface area contributed by atoms with Gasteiger partial charge in [-0.25, -0.2) is 4.68 Å². The van der Waals surface area contributed by atoms with Crippen molar-refractivity contribution >= 4 is 11.6 Å². The molecule has 3 atom stereocenters. The van der Waals surface area contributed by atoms with Crippen molar-refractivity contribution in [3.8, 4) is 0 Å². The minimum atomic E-state index is -0.0304. The number of halogens is 1. The molecule has 0 aliphatic carbocycles. The lowest BCUT2D eigenvalue weighted by Crippen LogP contribution is -2.16. The normalized spacial score (nSPS) is 27.2. The molecule has 1 fully saturated rings. The van der Waals surface area contributed by atoms with E-state index in [4.69, 9.17) is 16.3 Å². The molecule has 0 saturated carbocycles. The molecule has 3 unspecified atom stereocenters. The summed E-state index contributed by atoms with van der Waals surface area (Å²) in [5, 5.41) is 8.12. The van der Waals surface area contributed by atoms with Crippen LogP contribution in [0.25, 0.3) is 0 Å². The predicted molar refractivity (Wildman–Crippen MR) is 62.5 cm³/mol. The lowest BCUT2D eigenvalue weighted by Gasteiger charge is -2.10. The smallest absolute Gasteiger partial charge is 0.100 e. The highest BCUT2D eigenvalue weighted by atomic mass is 35.5. The fraction of sp³-hybridized carbons (Fsp3) is 0.818. The van der Waals surface area contributed by atoms with Gasteiger partial charge in [-0.3, -0.25) is 0 Å². The zero-order chi connectivity index (χ0) is 11.5. The summed E-state index contributed by atoms with van der Waals surface area (Å²) in [5.41, 5.74) is 0.857. The van der Waals surface area contributed by atoms with Gasteiger partial charge in [-0.05, 0) is 26.2 Å². The predicted octanol–water partition coefficient (Wildman–Crippen LogP) is 2.54. The fourth-order valence-corrected chi connectivity index (χ4v) is 2.08. The van der Waals surface area contributed by atoms with E-state index in [1.807, 2.05) is 17.8 Å². The minimum Gasteiger partial charge on any atom is -0.373 e. The average molecular weight is 244 g/mol. The molecule has 0 N–H and O–H groups in total. The number of nitrogens with zero attached hydrogens (tertiary/aromatic N) is 3. The van der Waals surface area contributed by atoms with Gasteiger partial charge in [0.25, 0.3) is 0 Å². The van der Waals surface area contributed by atoms with Crippen LogP contribution in [0.5, 0.6) is 0 Å². The Kier molecular flexibility index (Phi) is 3.82. The third-order valence-electron chi connectivity index (χ3n) is 2.95. The molecule has 1 aliphatic heterocycles. The van der Waals surface area contributed by atoms with Gasteiger partial charge in [0.15, 0.2) is 0 Å². The van der Waals surface area contributed by atoms with Crippen LogP contribution in [0.2, 0.25) is 0 Å². The molecule has 2 rings (SSSR count). The van der Waals surface area contributed by atoms with Crippen molar-refractivity contribution in [3.63, 3.8) is 0 Å². The molecular formula is C11H18ClN3O. The summed E-state index contributed by atoms with van der Waals surface area (Å²) in [7, 11) is 0. The van der Waals surface area contributed by atoms with Crippen molar-refractivity contribution in [2.45, 2.75) is 57.2 Å². The summed E-state index contributed by atoms with van der Waals surface area (Å²) in [6, 6.07) is 0. The van der Waals surface area contributed by atoms with Crippen LogP contribution in [0, 0.1) is 0 Å². The van der Waals surface area contributed by atoms with E-state index in [0.29, 0.717) is 6.10 Å². The van der Waals surface area contributed by atoms with Crippen molar-refractivity contribution in [3.05, 3.63) is 11.9 Å². The number of alkyl halides is 1.